The highest BCUT2D eigenvalue weighted by Gasteiger charge is 2.50. The van der Waals surface area contributed by atoms with Crippen LogP contribution in [0, 0.1) is 5.41 Å². The summed E-state index contributed by atoms with van der Waals surface area (Å²) in [6.45, 7) is 4.51. The van der Waals surface area contributed by atoms with Gasteiger partial charge in [0.2, 0.25) is 0 Å². The second-order valence-electron chi connectivity index (χ2n) is 4.89. The minimum absolute atomic E-state index is 0.313. The van der Waals surface area contributed by atoms with Crippen LogP contribution >= 0.6 is 11.6 Å². The van der Waals surface area contributed by atoms with E-state index in [1.807, 2.05) is 12.1 Å². The minimum atomic E-state index is 0.313. The molecular formula is C14H20ClN. The lowest BCUT2D eigenvalue weighted by Crippen LogP contribution is -2.55. The van der Waals surface area contributed by atoms with E-state index in [9.17, 15) is 0 Å². The van der Waals surface area contributed by atoms with Gasteiger partial charge < -0.3 is 5.73 Å². The molecule has 1 nitrogen and oxygen atoms in total. The normalized spacial score (nSPS) is 27.5. The maximum absolute atomic E-state index is 6.21. The zero-order valence-electron chi connectivity index (χ0n) is 10.0. The summed E-state index contributed by atoms with van der Waals surface area (Å²) in [7, 11) is 0. The van der Waals surface area contributed by atoms with Crippen LogP contribution < -0.4 is 5.73 Å². The Hall–Kier alpha value is -0.530. The first-order chi connectivity index (χ1) is 7.64. The van der Waals surface area contributed by atoms with E-state index in [-0.39, 0.29) is 0 Å². The van der Waals surface area contributed by atoms with Crippen molar-refractivity contribution in [2.75, 3.05) is 0 Å². The number of benzene rings is 1. The monoisotopic (exact) mass is 237 g/mol. The minimum Gasteiger partial charge on any atom is -0.327 e. The third-order valence-electron chi connectivity index (χ3n) is 4.51. The highest BCUT2D eigenvalue weighted by molar-refractivity contribution is 6.30. The molecule has 1 saturated carbocycles. The molecule has 88 valence electrons. The van der Waals surface area contributed by atoms with Gasteiger partial charge in [0.25, 0.3) is 0 Å². The van der Waals surface area contributed by atoms with Gasteiger partial charge in [-0.2, -0.15) is 0 Å². The molecule has 0 saturated heterocycles. The lowest BCUT2D eigenvalue weighted by atomic mass is 9.52. The van der Waals surface area contributed by atoms with Crippen LogP contribution in [0.4, 0.5) is 0 Å². The maximum Gasteiger partial charge on any atom is 0.0406 e. The van der Waals surface area contributed by atoms with Crippen LogP contribution in [0.15, 0.2) is 24.3 Å². The van der Waals surface area contributed by atoms with Crippen molar-refractivity contribution in [3.05, 3.63) is 34.9 Å². The number of hydrogen-bond acceptors (Lipinski definition) is 1. The quantitative estimate of drug-likeness (QED) is 0.846. The Morgan fingerprint density at radius 1 is 1.25 bits per heavy atom. The summed E-state index contributed by atoms with van der Waals surface area (Å²) >= 11 is 5.92. The van der Waals surface area contributed by atoms with Crippen LogP contribution in [0.5, 0.6) is 0 Å². The third-order valence-corrected chi connectivity index (χ3v) is 4.76. The summed E-state index contributed by atoms with van der Waals surface area (Å²) in [5, 5.41) is 0.811. The standard InChI is InChI=1S/C14H20ClN/c1-3-14(4-2)12(9-13(14)16)10-5-7-11(15)8-6-10/h5-8,12-13H,3-4,9,16H2,1-2H3. The maximum atomic E-state index is 6.21. The second kappa shape index (κ2) is 4.38. The summed E-state index contributed by atoms with van der Waals surface area (Å²) in [5.41, 5.74) is 7.92. The summed E-state index contributed by atoms with van der Waals surface area (Å²) in [6.07, 6.45) is 3.44. The Bertz CT molecular complexity index is 354. The SMILES string of the molecule is CCC1(CC)C(N)CC1c1ccc(Cl)cc1. The van der Waals surface area contributed by atoms with E-state index in [1.165, 1.54) is 5.56 Å². The van der Waals surface area contributed by atoms with Gasteiger partial charge in [-0.05, 0) is 48.3 Å². The molecule has 2 rings (SSSR count). The van der Waals surface area contributed by atoms with Crippen LogP contribution in [-0.2, 0) is 0 Å². The van der Waals surface area contributed by atoms with Gasteiger partial charge in [-0.15, -0.1) is 0 Å². The predicted octanol–water partition coefficient (Wildman–Crippen LogP) is 3.96. The largest absolute Gasteiger partial charge is 0.327 e. The summed E-state index contributed by atoms with van der Waals surface area (Å²) in [5.74, 6) is 0.620. The molecule has 0 spiro atoms. The van der Waals surface area contributed by atoms with Gasteiger partial charge in [0, 0.05) is 11.1 Å². The van der Waals surface area contributed by atoms with E-state index >= 15 is 0 Å². The average Bonchev–Trinajstić information content (AvgIpc) is 2.29. The molecule has 0 aliphatic heterocycles. The van der Waals surface area contributed by atoms with Gasteiger partial charge in [0.05, 0.1) is 0 Å². The fourth-order valence-electron chi connectivity index (χ4n) is 3.25. The summed E-state index contributed by atoms with van der Waals surface area (Å²) in [6, 6.07) is 8.63. The van der Waals surface area contributed by atoms with Crippen molar-refractivity contribution in [1.82, 2.24) is 0 Å². The van der Waals surface area contributed by atoms with Gasteiger partial charge in [-0.1, -0.05) is 37.6 Å². The van der Waals surface area contributed by atoms with Crippen molar-refractivity contribution >= 4 is 11.6 Å². The molecule has 1 aliphatic rings. The number of halogens is 1. The van der Waals surface area contributed by atoms with Gasteiger partial charge in [0.1, 0.15) is 0 Å². The Kier molecular flexibility index (Phi) is 3.27. The molecule has 2 heteroatoms. The Balaban J connectivity index is 2.26. The number of rotatable bonds is 3. The van der Waals surface area contributed by atoms with Gasteiger partial charge in [0.15, 0.2) is 0 Å². The van der Waals surface area contributed by atoms with E-state index < -0.39 is 0 Å². The Labute approximate surface area is 103 Å². The molecule has 1 aliphatic carbocycles. The van der Waals surface area contributed by atoms with E-state index in [1.54, 1.807) is 0 Å². The summed E-state index contributed by atoms with van der Waals surface area (Å²) < 4.78 is 0. The molecule has 0 bridgehead atoms. The fourth-order valence-corrected chi connectivity index (χ4v) is 3.38. The zero-order valence-corrected chi connectivity index (χ0v) is 10.8. The van der Waals surface area contributed by atoms with Gasteiger partial charge in [-0.3, -0.25) is 0 Å². The molecule has 2 unspecified atom stereocenters. The zero-order chi connectivity index (χ0) is 11.8. The van der Waals surface area contributed by atoms with E-state index in [4.69, 9.17) is 17.3 Å². The molecular weight excluding hydrogens is 218 g/mol. The van der Waals surface area contributed by atoms with Gasteiger partial charge in [-0.25, -0.2) is 0 Å². The predicted molar refractivity (Wildman–Crippen MR) is 69.8 cm³/mol. The van der Waals surface area contributed by atoms with E-state index in [0.29, 0.717) is 17.4 Å². The molecule has 0 amide bonds. The first-order valence-electron chi connectivity index (χ1n) is 6.15. The van der Waals surface area contributed by atoms with Crippen LogP contribution in [0.3, 0.4) is 0 Å². The van der Waals surface area contributed by atoms with Crippen LogP contribution in [0.2, 0.25) is 5.02 Å². The molecule has 0 heterocycles. The summed E-state index contributed by atoms with van der Waals surface area (Å²) in [4.78, 5) is 0. The molecule has 0 aromatic heterocycles. The Morgan fingerprint density at radius 3 is 2.25 bits per heavy atom. The van der Waals surface area contributed by atoms with Crippen molar-refractivity contribution in [3.63, 3.8) is 0 Å². The van der Waals surface area contributed by atoms with Gasteiger partial charge >= 0.3 is 0 Å². The molecule has 1 aromatic carbocycles. The lowest BCUT2D eigenvalue weighted by Gasteiger charge is -2.55. The molecule has 0 radical (unpaired) electrons. The molecule has 16 heavy (non-hydrogen) atoms. The number of nitrogens with two attached hydrogens (primary N) is 1. The molecule has 2 atom stereocenters. The lowest BCUT2D eigenvalue weighted by molar-refractivity contribution is 0.0438. The Morgan fingerprint density at radius 2 is 1.81 bits per heavy atom. The first kappa shape index (κ1) is 11.9. The number of hydrogen-bond donors (Lipinski definition) is 1. The van der Waals surface area contributed by atoms with Crippen LogP contribution in [0.1, 0.15) is 44.6 Å². The highest BCUT2D eigenvalue weighted by atomic mass is 35.5. The first-order valence-corrected chi connectivity index (χ1v) is 6.53. The van der Waals surface area contributed by atoms with E-state index in [2.05, 4.69) is 26.0 Å². The highest BCUT2D eigenvalue weighted by Crippen LogP contribution is 2.56. The van der Waals surface area contributed by atoms with Crippen LogP contribution in [0.25, 0.3) is 0 Å². The van der Waals surface area contributed by atoms with Crippen LogP contribution in [-0.4, -0.2) is 6.04 Å². The molecule has 2 N–H and O–H groups in total. The second-order valence-corrected chi connectivity index (χ2v) is 5.32. The average molecular weight is 238 g/mol. The van der Waals surface area contributed by atoms with Crippen molar-refractivity contribution < 1.29 is 0 Å². The fraction of sp³-hybridized carbons (Fsp3) is 0.571. The van der Waals surface area contributed by atoms with E-state index in [0.717, 1.165) is 24.3 Å². The third kappa shape index (κ3) is 1.66. The molecule has 1 fully saturated rings. The topological polar surface area (TPSA) is 26.0 Å². The molecule has 1 aromatic rings. The van der Waals surface area contributed by atoms with Crippen molar-refractivity contribution in [2.24, 2.45) is 11.1 Å². The smallest absolute Gasteiger partial charge is 0.0406 e. The van der Waals surface area contributed by atoms with Crippen molar-refractivity contribution in [1.29, 1.82) is 0 Å². The van der Waals surface area contributed by atoms with Crippen molar-refractivity contribution in [2.45, 2.75) is 45.1 Å². The van der Waals surface area contributed by atoms with Crippen molar-refractivity contribution in [3.8, 4) is 0 Å².